The lowest BCUT2D eigenvalue weighted by Crippen LogP contribution is -2.67. The van der Waals surface area contributed by atoms with Gasteiger partial charge >= 0.3 is 0 Å². The van der Waals surface area contributed by atoms with E-state index in [-0.39, 0.29) is 69.9 Å². The predicted molar refractivity (Wildman–Crippen MR) is 86.2 cm³/mol. The highest BCUT2D eigenvalue weighted by Gasteiger charge is 2.37. The lowest BCUT2D eigenvalue weighted by molar-refractivity contribution is 0.583. The first kappa shape index (κ1) is 6.08. The summed E-state index contributed by atoms with van der Waals surface area (Å²) in [5.41, 5.74) is 0. The first-order valence-electron chi connectivity index (χ1n) is 10.4. The van der Waals surface area contributed by atoms with Gasteiger partial charge in [0, 0.05) is 0 Å². The summed E-state index contributed by atoms with van der Waals surface area (Å²) >= 11 is 0. The Kier molecular flexibility index (Phi) is 1.66. The lowest BCUT2D eigenvalue weighted by Gasteiger charge is -2.26. The summed E-state index contributed by atoms with van der Waals surface area (Å²) in [6.45, 7) is 0. The van der Waals surface area contributed by atoms with E-state index in [0.29, 0.717) is 0 Å². The summed E-state index contributed by atoms with van der Waals surface area (Å²) in [4.78, 5) is 11.9. The number of benzene rings is 3. The maximum atomic E-state index is 11.9. The van der Waals surface area contributed by atoms with E-state index in [1.54, 1.807) is 0 Å². The molecular formula is C18H16OSi. The Morgan fingerprint density at radius 3 is 1.05 bits per heavy atom. The van der Waals surface area contributed by atoms with Crippen molar-refractivity contribution in [2.45, 2.75) is 0 Å². The van der Waals surface area contributed by atoms with Crippen LogP contribution in [0.2, 0.25) is 0 Å². The van der Waals surface area contributed by atoms with Gasteiger partial charge in [0.25, 0.3) is 8.32 Å². The fourth-order valence-electron chi connectivity index (χ4n) is 2.06. The first-order valence-corrected chi connectivity index (χ1v) is 7.88. The molecule has 0 fully saturated rings. The van der Waals surface area contributed by atoms with E-state index in [2.05, 4.69) is 0 Å². The van der Waals surface area contributed by atoms with Crippen molar-refractivity contribution in [3.63, 3.8) is 0 Å². The van der Waals surface area contributed by atoms with Gasteiger partial charge in [-0.3, -0.25) is 0 Å². The fraction of sp³-hybridized carbons (Fsp3) is 0. The van der Waals surface area contributed by atoms with Crippen molar-refractivity contribution < 1.29 is 17.1 Å². The van der Waals surface area contributed by atoms with E-state index >= 15 is 0 Å². The van der Waals surface area contributed by atoms with Crippen LogP contribution in [0.5, 0.6) is 0 Å². The van der Waals surface area contributed by atoms with Gasteiger partial charge in [0.05, 0.1) is 12.3 Å². The maximum absolute atomic E-state index is 11.9. The Hall–Kier alpha value is -2.16. The van der Waals surface area contributed by atoms with Gasteiger partial charge in [-0.1, -0.05) is 90.8 Å². The van der Waals surface area contributed by atoms with Crippen LogP contribution in [0.1, 0.15) is 12.3 Å². The van der Waals surface area contributed by atoms with Gasteiger partial charge in [-0.2, -0.15) is 0 Å². The van der Waals surface area contributed by atoms with E-state index in [1.165, 1.54) is 36.4 Å². The highest BCUT2D eigenvalue weighted by Crippen LogP contribution is 2.03. The number of hydrogen-bond acceptors (Lipinski definition) is 1. The largest absolute Gasteiger partial charge is 0.421 e. The molecule has 3 rings (SSSR count). The van der Waals surface area contributed by atoms with Crippen molar-refractivity contribution in [1.29, 1.82) is 0 Å². The van der Waals surface area contributed by atoms with Crippen LogP contribution in [0.15, 0.2) is 90.8 Å². The summed E-state index contributed by atoms with van der Waals surface area (Å²) < 4.78 is 70.8. The van der Waals surface area contributed by atoms with Crippen molar-refractivity contribution in [2.75, 3.05) is 0 Å². The van der Waals surface area contributed by atoms with Crippen molar-refractivity contribution in [3.05, 3.63) is 90.8 Å². The molecule has 0 bridgehead atoms. The third-order valence-electron chi connectivity index (χ3n) is 3.05. The van der Waals surface area contributed by atoms with E-state index in [1.807, 2.05) is 0 Å². The van der Waals surface area contributed by atoms with Crippen molar-refractivity contribution >= 4 is 23.9 Å². The molecule has 0 radical (unpaired) electrons. The molecule has 0 aliphatic rings. The van der Waals surface area contributed by atoms with Crippen LogP contribution in [0.25, 0.3) is 0 Å². The smallest absolute Gasteiger partial charge is 0.285 e. The van der Waals surface area contributed by atoms with Crippen LogP contribution in [0.4, 0.5) is 0 Å². The fourth-order valence-corrected chi connectivity index (χ4v) is 4.75. The van der Waals surface area contributed by atoms with E-state index in [9.17, 15) is 4.80 Å². The molecule has 3 aromatic rings. The molecular weight excluding hydrogens is 260 g/mol. The van der Waals surface area contributed by atoms with Crippen LogP contribution >= 0.6 is 0 Å². The molecule has 1 nitrogen and oxygen atoms in total. The van der Waals surface area contributed by atoms with Gasteiger partial charge in [-0.25, -0.2) is 0 Å². The molecule has 20 heavy (non-hydrogen) atoms. The third kappa shape index (κ3) is 2.20. The summed E-state index contributed by atoms with van der Waals surface area (Å²) in [6.07, 6.45) is 0. The van der Waals surface area contributed by atoms with Gasteiger partial charge in [-0.15, -0.1) is 0 Å². The maximum Gasteiger partial charge on any atom is 0.285 e. The monoisotopic (exact) mass is 285 g/mol. The average Bonchev–Trinajstić information content (AvgIpc) is 2.66. The van der Waals surface area contributed by atoms with Crippen LogP contribution in [0.3, 0.4) is 0 Å². The molecule has 0 aliphatic carbocycles. The molecule has 0 atom stereocenters. The van der Waals surface area contributed by atoms with Gasteiger partial charge in [0.1, 0.15) is 0 Å². The normalized spacial score (nSPS) is 17.6. The quantitative estimate of drug-likeness (QED) is 0.573. The van der Waals surface area contributed by atoms with Crippen molar-refractivity contribution in [3.8, 4) is 0 Å². The lowest BCUT2D eigenvalue weighted by atomic mass is 10.3. The zero-order chi connectivity index (χ0) is 21.7. The Labute approximate surface area is 132 Å². The zero-order valence-electron chi connectivity index (χ0n) is 19.4. The Bertz CT molecular complexity index is 924. The third-order valence-corrected chi connectivity index (χ3v) is 6.43. The molecule has 0 saturated carbocycles. The van der Waals surface area contributed by atoms with Gasteiger partial charge in [0.2, 0.25) is 0 Å². The van der Waals surface area contributed by atoms with Crippen LogP contribution in [-0.4, -0.2) is 13.1 Å². The standard InChI is InChI=1S/C18H16OSi/c19-20(16-10-4-1-5-11-16,17-12-6-2-7-13-17)18-14-8-3-9-15-18/h1-15,19H/i1D,2D,3D,4D,5D,6D,7D,8D,9D. The second kappa shape index (κ2) is 5.45. The molecule has 98 valence electrons. The van der Waals surface area contributed by atoms with Gasteiger partial charge in [0.15, 0.2) is 0 Å². The minimum atomic E-state index is -4.10. The molecule has 2 heteroatoms. The molecule has 3 aromatic carbocycles. The molecule has 0 aliphatic heterocycles. The predicted octanol–water partition coefficient (Wildman–Crippen LogP) is 1.65. The van der Waals surface area contributed by atoms with Gasteiger partial charge in [-0.05, 0) is 15.6 Å². The summed E-state index contributed by atoms with van der Waals surface area (Å²) in [6, 6.07) is 4.69. The molecule has 1 N–H and O–H groups in total. The molecule has 0 amide bonds. The molecule has 0 heterocycles. The molecule has 0 saturated heterocycles. The topological polar surface area (TPSA) is 20.2 Å². The summed E-state index contributed by atoms with van der Waals surface area (Å²) in [5.74, 6) is 0. The Morgan fingerprint density at radius 2 is 0.800 bits per heavy atom. The van der Waals surface area contributed by atoms with Crippen LogP contribution in [-0.2, 0) is 0 Å². The molecule has 0 aromatic heterocycles. The molecule has 0 spiro atoms. The summed E-state index contributed by atoms with van der Waals surface area (Å²) in [5, 5.41) is 0.365. The van der Waals surface area contributed by atoms with E-state index in [4.69, 9.17) is 12.3 Å². The van der Waals surface area contributed by atoms with E-state index < -0.39 is 8.32 Å². The highest BCUT2D eigenvalue weighted by atomic mass is 28.4. The Balaban J connectivity index is 2.42. The highest BCUT2D eigenvalue weighted by molar-refractivity contribution is 7.06. The second-order valence-electron chi connectivity index (χ2n) is 4.18. The first-order chi connectivity index (χ1) is 13.5. The number of rotatable bonds is 3. The van der Waals surface area contributed by atoms with Gasteiger partial charge < -0.3 is 4.80 Å². The minimum absolute atomic E-state index is 0.122. The average molecular weight is 285 g/mol. The number of hydrogen-bond donors (Lipinski definition) is 1. The Morgan fingerprint density at radius 1 is 0.550 bits per heavy atom. The van der Waals surface area contributed by atoms with Crippen molar-refractivity contribution in [2.24, 2.45) is 0 Å². The zero-order valence-corrected chi connectivity index (χ0v) is 11.4. The SMILES string of the molecule is [2H]c1cc([Si](O)(c2cc([2H])c([2H])c([2H])c2)c2cc([2H])c([2H])c([2H])c2)cc([2H])c1[2H]. The van der Waals surface area contributed by atoms with Crippen LogP contribution in [0, 0.1) is 0 Å². The molecule has 0 unspecified atom stereocenters. The van der Waals surface area contributed by atoms with Crippen molar-refractivity contribution in [1.82, 2.24) is 0 Å². The minimum Gasteiger partial charge on any atom is -0.421 e. The van der Waals surface area contributed by atoms with E-state index in [0.717, 1.165) is 0 Å². The second-order valence-corrected chi connectivity index (χ2v) is 7.34. The summed E-state index contributed by atoms with van der Waals surface area (Å²) in [7, 11) is -4.10. The van der Waals surface area contributed by atoms with Crippen LogP contribution < -0.4 is 15.6 Å².